The lowest BCUT2D eigenvalue weighted by Gasteiger charge is -2.30. The molecule has 23 heavy (non-hydrogen) atoms. The largest absolute Gasteiger partial charge is 0.465 e. The van der Waals surface area contributed by atoms with Gasteiger partial charge in [-0.15, -0.1) is 0 Å². The minimum atomic E-state index is -1.13. The van der Waals surface area contributed by atoms with E-state index in [1.807, 2.05) is 0 Å². The summed E-state index contributed by atoms with van der Waals surface area (Å²) in [7, 11) is 0. The van der Waals surface area contributed by atoms with Crippen molar-refractivity contribution in [2.24, 2.45) is 17.3 Å². The van der Waals surface area contributed by atoms with Crippen molar-refractivity contribution in [3.63, 3.8) is 0 Å². The van der Waals surface area contributed by atoms with Crippen molar-refractivity contribution < 1.29 is 19.1 Å². The van der Waals surface area contributed by atoms with Crippen LogP contribution in [0.3, 0.4) is 0 Å². The molecule has 0 radical (unpaired) electrons. The molecule has 0 N–H and O–H groups in total. The highest BCUT2D eigenvalue weighted by Crippen LogP contribution is 2.35. The van der Waals surface area contributed by atoms with Crippen molar-refractivity contribution in [3.05, 3.63) is 0 Å². The molecule has 0 aliphatic heterocycles. The molecule has 0 heterocycles. The van der Waals surface area contributed by atoms with Crippen LogP contribution in [-0.2, 0) is 19.1 Å². The predicted molar refractivity (Wildman–Crippen MR) is 93.1 cm³/mol. The molecule has 136 valence electrons. The summed E-state index contributed by atoms with van der Waals surface area (Å²) in [6.45, 7) is 12.7. The van der Waals surface area contributed by atoms with Gasteiger partial charge in [-0.05, 0) is 44.9 Å². The number of carbonyl (C=O) groups is 2. The monoisotopic (exact) mass is 328 g/mol. The van der Waals surface area contributed by atoms with E-state index < -0.39 is 17.4 Å². The topological polar surface area (TPSA) is 52.6 Å². The second-order valence-electron chi connectivity index (χ2n) is 7.10. The minimum Gasteiger partial charge on any atom is -0.465 e. The van der Waals surface area contributed by atoms with Gasteiger partial charge in [0.2, 0.25) is 0 Å². The molecule has 0 aromatic carbocycles. The number of unbranched alkanes of at least 4 members (excludes halogenated alkanes) is 1. The summed E-state index contributed by atoms with van der Waals surface area (Å²) in [6, 6.07) is 0. The highest BCUT2D eigenvalue weighted by Gasteiger charge is 2.47. The van der Waals surface area contributed by atoms with E-state index in [1.165, 1.54) is 0 Å². The SMILES string of the molecule is CCOC(=O)C(CCCCC(C)C)(CCC(C)C)C(=O)OCC. The Kier molecular flexibility index (Phi) is 10.9. The van der Waals surface area contributed by atoms with Crippen LogP contribution in [-0.4, -0.2) is 25.2 Å². The number of esters is 2. The molecule has 0 aliphatic carbocycles. The summed E-state index contributed by atoms with van der Waals surface area (Å²) in [5.74, 6) is 0.228. The highest BCUT2D eigenvalue weighted by molar-refractivity contribution is 6.00. The quantitative estimate of drug-likeness (QED) is 0.295. The van der Waals surface area contributed by atoms with E-state index in [9.17, 15) is 9.59 Å². The van der Waals surface area contributed by atoms with Gasteiger partial charge in [-0.1, -0.05) is 47.0 Å². The third kappa shape index (κ3) is 7.85. The Morgan fingerprint density at radius 2 is 1.26 bits per heavy atom. The number of rotatable bonds is 12. The maximum absolute atomic E-state index is 12.6. The smallest absolute Gasteiger partial charge is 0.323 e. The van der Waals surface area contributed by atoms with Crippen LogP contribution < -0.4 is 0 Å². The second kappa shape index (κ2) is 11.5. The van der Waals surface area contributed by atoms with E-state index >= 15 is 0 Å². The molecule has 0 saturated heterocycles. The lowest BCUT2D eigenvalue weighted by Crippen LogP contribution is -2.42. The van der Waals surface area contributed by atoms with Crippen molar-refractivity contribution in [2.45, 2.75) is 80.1 Å². The fourth-order valence-corrected chi connectivity index (χ4v) is 2.67. The Labute approximate surface area is 142 Å². The summed E-state index contributed by atoms with van der Waals surface area (Å²) < 4.78 is 10.5. The number of hydrogen-bond donors (Lipinski definition) is 0. The van der Waals surface area contributed by atoms with Gasteiger partial charge in [-0.25, -0.2) is 0 Å². The van der Waals surface area contributed by atoms with Crippen LogP contribution in [0.5, 0.6) is 0 Å². The summed E-state index contributed by atoms with van der Waals surface area (Å²) >= 11 is 0. The van der Waals surface area contributed by atoms with E-state index in [-0.39, 0.29) is 13.2 Å². The first kappa shape index (κ1) is 21.9. The summed E-state index contributed by atoms with van der Waals surface area (Å²) in [5, 5.41) is 0. The fraction of sp³-hybridized carbons (Fsp3) is 0.895. The average molecular weight is 328 g/mol. The van der Waals surface area contributed by atoms with Gasteiger partial charge in [0.05, 0.1) is 13.2 Å². The maximum Gasteiger partial charge on any atom is 0.323 e. The third-order valence-corrected chi connectivity index (χ3v) is 4.12. The first-order chi connectivity index (χ1) is 10.8. The molecule has 0 bridgehead atoms. The van der Waals surface area contributed by atoms with Gasteiger partial charge in [0.15, 0.2) is 5.41 Å². The van der Waals surface area contributed by atoms with Crippen molar-refractivity contribution >= 4 is 11.9 Å². The van der Waals surface area contributed by atoms with Gasteiger partial charge in [-0.3, -0.25) is 9.59 Å². The molecule has 0 amide bonds. The number of hydrogen-bond acceptors (Lipinski definition) is 4. The Morgan fingerprint density at radius 1 is 0.783 bits per heavy atom. The van der Waals surface area contributed by atoms with Crippen LogP contribution in [0.1, 0.15) is 80.1 Å². The summed E-state index contributed by atoms with van der Waals surface area (Å²) in [4.78, 5) is 25.2. The normalized spacial score (nSPS) is 11.8. The van der Waals surface area contributed by atoms with E-state index in [4.69, 9.17) is 9.47 Å². The second-order valence-corrected chi connectivity index (χ2v) is 7.10. The van der Waals surface area contributed by atoms with Crippen LogP contribution in [0.15, 0.2) is 0 Å². The number of ether oxygens (including phenoxy) is 2. The van der Waals surface area contributed by atoms with Crippen molar-refractivity contribution in [3.8, 4) is 0 Å². The van der Waals surface area contributed by atoms with E-state index in [1.54, 1.807) is 13.8 Å². The molecule has 0 saturated carbocycles. The van der Waals surface area contributed by atoms with Crippen LogP contribution in [0.4, 0.5) is 0 Å². The zero-order valence-electron chi connectivity index (χ0n) is 15.9. The summed E-state index contributed by atoms with van der Waals surface area (Å²) in [5.41, 5.74) is -1.13. The Hall–Kier alpha value is -1.06. The molecule has 0 rings (SSSR count). The summed E-state index contributed by atoms with van der Waals surface area (Å²) in [6.07, 6.45) is 4.79. The highest BCUT2D eigenvalue weighted by atomic mass is 16.6. The molecule has 0 aromatic rings. The minimum absolute atomic E-state index is 0.285. The molecule has 0 atom stereocenters. The van der Waals surface area contributed by atoms with Crippen LogP contribution >= 0.6 is 0 Å². The molecule has 0 aromatic heterocycles. The van der Waals surface area contributed by atoms with Crippen LogP contribution in [0.25, 0.3) is 0 Å². The fourth-order valence-electron chi connectivity index (χ4n) is 2.67. The van der Waals surface area contributed by atoms with Gasteiger partial charge >= 0.3 is 11.9 Å². The first-order valence-corrected chi connectivity index (χ1v) is 9.14. The van der Waals surface area contributed by atoms with E-state index in [2.05, 4.69) is 27.7 Å². The standard InChI is InChI=1S/C19H36O4/c1-7-22-17(20)19(14-12-16(5)6,18(21)23-8-2)13-10-9-11-15(3)4/h15-16H,7-14H2,1-6H3. The lowest BCUT2D eigenvalue weighted by atomic mass is 9.76. The molecule has 0 unspecified atom stereocenters. The zero-order valence-corrected chi connectivity index (χ0v) is 15.9. The van der Waals surface area contributed by atoms with E-state index in [0.717, 1.165) is 25.7 Å². The lowest BCUT2D eigenvalue weighted by molar-refractivity contribution is -0.173. The third-order valence-electron chi connectivity index (χ3n) is 4.12. The molecular formula is C19H36O4. The molecule has 0 aliphatic rings. The Bertz CT molecular complexity index is 329. The van der Waals surface area contributed by atoms with Gasteiger partial charge < -0.3 is 9.47 Å². The maximum atomic E-state index is 12.6. The predicted octanol–water partition coefficient (Wildman–Crippen LogP) is 4.75. The van der Waals surface area contributed by atoms with E-state index in [0.29, 0.717) is 24.7 Å². The molecular weight excluding hydrogens is 292 g/mol. The van der Waals surface area contributed by atoms with Gasteiger partial charge in [0.25, 0.3) is 0 Å². The van der Waals surface area contributed by atoms with Gasteiger partial charge in [-0.2, -0.15) is 0 Å². The van der Waals surface area contributed by atoms with Crippen molar-refractivity contribution in [1.82, 2.24) is 0 Å². The molecule has 0 spiro atoms. The van der Waals surface area contributed by atoms with Gasteiger partial charge in [0.1, 0.15) is 0 Å². The molecule has 0 fully saturated rings. The number of carbonyl (C=O) groups excluding carboxylic acids is 2. The van der Waals surface area contributed by atoms with Crippen molar-refractivity contribution in [1.29, 1.82) is 0 Å². The first-order valence-electron chi connectivity index (χ1n) is 9.14. The molecule has 4 heteroatoms. The van der Waals surface area contributed by atoms with Crippen LogP contribution in [0.2, 0.25) is 0 Å². The van der Waals surface area contributed by atoms with Gasteiger partial charge in [0, 0.05) is 0 Å². The average Bonchev–Trinajstić information content (AvgIpc) is 2.46. The zero-order chi connectivity index (χ0) is 17.9. The van der Waals surface area contributed by atoms with Crippen LogP contribution in [0, 0.1) is 17.3 Å². The van der Waals surface area contributed by atoms with Crippen molar-refractivity contribution in [2.75, 3.05) is 13.2 Å². The Balaban J connectivity index is 5.19. The Morgan fingerprint density at radius 3 is 1.65 bits per heavy atom. The molecule has 4 nitrogen and oxygen atoms in total.